The van der Waals surface area contributed by atoms with Crippen molar-refractivity contribution >= 4 is 5.82 Å². The molecule has 1 aromatic rings. The average molecular weight is 268 g/mol. The molecule has 1 N–H and O–H groups in total. The predicted octanol–water partition coefficient (Wildman–Crippen LogP) is 1.64. The highest BCUT2D eigenvalue weighted by Gasteiger charge is 2.12. The van der Waals surface area contributed by atoms with E-state index in [0.29, 0.717) is 24.1 Å². The molecule has 0 fully saturated rings. The number of hydrogen-bond donors (Lipinski definition) is 1. The largest absolute Gasteiger partial charge is 0.489 e. The maximum atomic E-state index is 5.66. The SMILES string of the molecule is CCCNc1ncnc(OCCCN(C)C)c1OC. The van der Waals surface area contributed by atoms with Gasteiger partial charge in [-0.05, 0) is 26.9 Å². The van der Waals surface area contributed by atoms with Gasteiger partial charge >= 0.3 is 0 Å². The maximum Gasteiger partial charge on any atom is 0.262 e. The van der Waals surface area contributed by atoms with Crippen LogP contribution in [0.4, 0.5) is 5.82 Å². The number of nitrogens with one attached hydrogen (secondary N) is 1. The van der Waals surface area contributed by atoms with Crippen LogP contribution in [0.1, 0.15) is 19.8 Å². The second kappa shape index (κ2) is 8.53. The van der Waals surface area contributed by atoms with Crippen LogP contribution in [-0.4, -0.2) is 55.8 Å². The Balaban J connectivity index is 2.61. The first-order valence-corrected chi connectivity index (χ1v) is 6.59. The van der Waals surface area contributed by atoms with Gasteiger partial charge in [-0.3, -0.25) is 0 Å². The number of nitrogens with zero attached hydrogens (tertiary/aromatic N) is 3. The number of hydrogen-bond acceptors (Lipinski definition) is 6. The summed E-state index contributed by atoms with van der Waals surface area (Å²) >= 11 is 0. The van der Waals surface area contributed by atoms with Crippen LogP contribution in [0, 0.1) is 0 Å². The molecule has 0 spiro atoms. The normalized spacial score (nSPS) is 10.6. The molecule has 0 radical (unpaired) electrons. The quantitative estimate of drug-likeness (QED) is 0.687. The predicted molar refractivity (Wildman–Crippen MR) is 76.0 cm³/mol. The lowest BCUT2D eigenvalue weighted by atomic mass is 10.4. The fourth-order valence-electron chi connectivity index (χ4n) is 1.56. The van der Waals surface area contributed by atoms with Crippen LogP contribution in [0.5, 0.6) is 11.6 Å². The molecule has 1 rings (SSSR count). The minimum absolute atomic E-state index is 0.495. The zero-order valence-corrected chi connectivity index (χ0v) is 12.3. The fourth-order valence-corrected chi connectivity index (χ4v) is 1.56. The van der Waals surface area contributed by atoms with Crippen LogP contribution in [0.2, 0.25) is 0 Å². The van der Waals surface area contributed by atoms with Gasteiger partial charge in [-0.25, -0.2) is 4.98 Å². The van der Waals surface area contributed by atoms with Crippen molar-refractivity contribution in [2.45, 2.75) is 19.8 Å². The zero-order valence-electron chi connectivity index (χ0n) is 12.3. The highest BCUT2D eigenvalue weighted by molar-refractivity contribution is 5.54. The third-order valence-corrected chi connectivity index (χ3v) is 2.51. The fraction of sp³-hybridized carbons (Fsp3) is 0.692. The Morgan fingerprint density at radius 3 is 2.74 bits per heavy atom. The summed E-state index contributed by atoms with van der Waals surface area (Å²) in [6, 6.07) is 0. The lowest BCUT2D eigenvalue weighted by Crippen LogP contribution is -2.16. The first-order valence-electron chi connectivity index (χ1n) is 6.59. The van der Waals surface area contributed by atoms with Crippen molar-refractivity contribution in [2.75, 3.05) is 46.2 Å². The zero-order chi connectivity index (χ0) is 14.1. The minimum atomic E-state index is 0.495. The van der Waals surface area contributed by atoms with E-state index in [9.17, 15) is 0 Å². The molecule has 19 heavy (non-hydrogen) atoms. The number of ether oxygens (including phenoxy) is 2. The van der Waals surface area contributed by atoms with Crippen molar-refractivity contribution in [1.82, 2.24) is 14.9 Å². The summed E-state index contributed by atoms with van der Waals surface area (Å²) < 4.78 is 11.0. The van der Waals surface area contributed by atoms with Gasteiger partial charge < -0.3 is 19.7 Å². The lowest BCUT2D eigenvalue weighted by molar-refractivity contribution is 0.258. The summed E-state index contributed by atoms with van der Waals surface area (Å²) in [5.74, 6) is 1.75. The average Bonchev–Trinajstić information content (AvgIpc) is 2.41. The maximum absolute atomic E-state index is 5.66. The van der Waals surface area contributed by atoms with Crippen LogP contribution < -0.4 is 14.8 Å². The first-order chi connectivity index (χ1) is 9.19. The molecule has 0 saturated heterocycles. The second-order valence-corrected chi connectivity index (χ2v) is 4.49. The minimum Gasteiger partial charge on any atom is -0.489 e. The molecule has 0 saturated carbocycles. The van der Waals surface area contributed by atoms with Crippen molar-refractivity contribution in [2.24, 2.45) is 0 Å². The van der Waals surface area contributed by atoms with Gasteiger partial charge in [0.05, 0.1) is 13.7 Å². The molecule has 0 aliphatic rings. The summed E-state index contributed by atoms with van der Waals surface area (Å²) in [6.07, 6.45) is 3.45. The molecular formula is C13H24N4O2. The molecule has 1 heterocycles. The summed E-state index contributed by atoms with van der Waals surface area (Å²) in [4.78, 5) is 10.4. The van der Waals surface area contributed by atoms with Gasteiger partial charge in [0.15, 0.2) is 5.82 Å². The number of aromatic nitrogens is 2. The summed E-state index contributed by atoms with van der Waals surface area (Å²) in [7, 11) is 5.68. The second-order valence-electron chi connectivity index (χ2n) is 4.49. The van der Waals surface area contributed by atoms with E-state index in [4.69, 9.17) is 9.47 Å². The molecule has 0 aromatic carbocycles. The Bertz CT molecular complexity index is 372. The first kappa shape index (κ1) is 15.5. The van der Waals surface area contributed by atoms with Gasteiger partial charge in [-0.1, -0.05) is 6.92 Å². The van der Waals surface area contributed by atoms with Crippen molar-refractivity contribution in [3.63, 3.8) is 0 Å². The molecule has 0 aliphatic heterocycles. The van der Waals surface area contributed by atoms with Crippen molar-refractivity contribution < 1.29 is 9.47 Å². The van der Waals surface area contributed by atoms with Crippen molar-refractivity contribution in [3.8, 4) is 11.6 Å². The van der Waals surface area contributed by atoms with Crippen molar-refractivity contribution in [1.29, 1.82) is 0 Å². The molecular weight excluding hydrogens is 244 g/mol. The summed E-state index contributed by atoms with van der Waals surface area (Å²) in [5, 5.41) is 3.20. The van der Waals surface area contributed by atoms with Gasteiger partial charge in [-0.15, -0.1) is 0 Å². The van der Waals surface area contributed by atoms with Gasteiger partial charge in [0, 0.05) is 13.1 Å². The Labute approximate surface area is 115 Å². The number of rotatable bonds is 9. The number of methoxy groups -OCH3 is 1. The smallest absolute Gasteiger partial charge is 0.262 e. The van der Waals surface area contributed by atoms with E-state index in [1.807, 2.05) is 14.1 Å². The Morgan fingerprint density at radius 2 is 2.11 bits per heavy atom. The van der Waals surface area contributed by atoms with Crippen LogP contribution in [0.25, 0.3) is 0 Å². The van der Waals surface area contributed by atoms with E-state index in [2.05, 4.69) is 27.1 Å². The van der Waals surface area contributed by atoms with E-state index in [1.165, 1.54) is 6.33 Å². The molecule has 6 heteroatoms. The van der Waals surface area contributed by atoms with E-state index in [-0.39, 0.29) is 0 Å². The van der Waals surface area contributed by atoms with Crippen LogP contribution in [0.15, 0.2) is 6.33 Å². The molecule has 0 bridgehead atoms. The highest BCUT2D eigenvalue weighted by atomic mass is 16.5. The Morgan fingerprint density at radius 1 is 1.32 bits per heavy atom. The molecule has 6 nitrogen and oxygen atoms in total. The standard InChI is InChI=1S/C13H24N4O2/c1-5-7-14-12-11(18-4)13(16-10-15-12)19-9-6-8-17(2)3/h10H,5-9H2,1-4H3,(H,14,15,16). The van der Waals surface area contributed by atoms with Gasteiger partial charge in [-0.2, -0.15) is 4.98 Å². The summed E-state index contributed by atoms with van der Waals surface area (Å²) in [6.45, 7) is 4.53. The topological polar surface area (TPSA) is 59.5 Å². The Hall–Kier alpha value is -1.56. The third-order valence-electron chi connectivity index (χ3n) is 2.51. The van der Waals surface area contributed by atoms with Crippen LogP contribution >= 0.6 is 0 Å². The van der Waals surface area contributed by atoms with E-state index >= 15 is 0 Å². The van der Waals surface area contributed by atoms with Gasteiger partial charge in [0.1, 0.15) is 6.33 Å². The molecule has 108 valence electrons. The monoisotopic (exact) mass is 268 g/mol. The molecule has 0 amide bonds. The van der Waals surface area contributed by atoms with E-state index in [1.54, 1.807) is 7.11 Å². The molecule has 0 aliphatic carbocycles. The Kier molecular flexibility index (Phi) is 6.95. The van der Waals surface area contributed by atoms with Crippen LogP contribution in [0.3, 0.4) is 0 Å². The molecule has 0 unspecified atom stereocenters. The summed E-state index contributed by atoms with van der Waals surface area (Å²) in [5.41, 5.74) is 0. The number of anilines is 1. The lowest BCUT2D eigenvalue weighted by Gasteiger charge is -2.14. The van der Waals surface area contributed by atoms with Gasteiger partial charge in [0.25, 0.3) is 5.88 Å². The molecule has 0 atom stereocenters. The third kappa shape index (κ3) is 5.30. The molecule has 1 aromatic heterocycles. The van der Waals surface area contributed by atoms with Crippen molar-refractivity contribution in [3.05, 3.63) is 6.33 Å². The van der Waals surface area contributed by atoms with E-state index < -0.39 is 0 Å². The highest BCUT2D eigenvalue weighted by Crippen LogP contribution is 2.30. The van der Waals surface area contributed by atoms with E-state index in [0.717, 1.165) is 25.9 Å². The van der Waals surface area contributed by atoms with Gasteiger partial charge in [0.2, 0.25) is 5.75 Å². The van der Waals surface area contributed by atoms with Crippen LogP contribution in [-0.2, 0) is 0 Å².